The number of aromatic nitrogens is 2. The first-order chi connectivity index (χ1) is 7.34. The van der Waals surface area contributed by atoms with E-state index >= 15 is 0 Å². The van der Waals surface area contributed by atoms with Gasteiger partial charge in [-0.3, -0.25) is 0 Å². The summed E-state index contributed by atoms with van der Waals surface area (Å²) in [6.07, 6.45) is 4.58. The van der Waals surface area contributed by atoms with E-state index in [4.69, 9.17) is 11.6 Å². The van der Waals surface area contributed by atoms with Crippen LogP contribution in [0.3, 0.4) is 0 Å². The summed E-state index contributed by atoms with van der Waals surface area (Å²) in [4.78, 5) is 7.03. The molecule has 1 heterocycles. The fraction of sp³-hybridized carbons (Fsp3) is 0.182. The van der Waals surface area contributed by atoms with Crippen LogP contribution < -0.4 is 0 Å². The molecule has 1 N–H and O–H groups in total. The van der Waals surface area contributed by atoms with Crippen molar-refractivity contribution in [3.8, 4) is 0 Å². The van der Waals surface area contributed by atoms with E-state index in [-0.39, 0.29) is 0 Å². The molecule has 1 aromatic carbocycles. The molecule has 0 fully saturated rings. The van der Waals surface area contributed by atoms with Gasteiger partial charge in [-0.1, -0.05) is 23.7 Å². The zero-order chi connectivity index (χ0) is 10.5. The van der Waals surface area contributed by atoms with Gasteiger partial charge < -0.3 is 4.98 Å². The molecule has 1 aromatic heterocycles. The molecule has 4 heteroatoms. The van der Waals surface area contributed by atoms with Gasteiger partial charge in [-0.25, -0.2) is 4.98 Å². The average Bonchev–Trinajstić information content (AvgIpc) is 2.74. The lowest BCUT2D eigenvalue weighted by Crippen LogP contribution is -1.87. The van der Waals surface area contributed by atoms with Gasteiger partial charge in [0, 0.05) is 10.8 Å². The number of halogens is 1. The second-order valence-electron chi connectivity index (χ2n) is 3.14. The van der Waals surface area contributed by atoms with Crippen LogP contribution in [0.15, 0.2) is 41.8 Å². The van der Waals surface area contributed by atoms with E-state index in [9.17, 15) is 0 Å². The molecule has 0 amide bonds. The number of benzene rings is 1. The Labute approximate surface area is 98.1 Å². The first-order valence-corrected chi connectivity index (χ1v) is 6.06. The number of imidazole rings is 1. The molecular formula is C11H11ClN2S. The summed E-state index contributed by atoms with van der Waals surface area (Å²) < 4.78 is 0. The maximum Gasteiger partial charge on any atom is 0.0928 e. The van der Waals surface area contributed by atoms with Crippen LogP contribution >= 0.6 is 23.4 Å². The molecule has 0 aliphatic carbocycles. The van der Waals surface area contributed by atoms with Crippen LogP contribution in [0, 0.1) is 0 Å². The van der Waals surface area contributed by atoms with Crippen LogP contribution in [0.2, 0.25) is 5.02 Å². The molecule has 0 aliphatic heterocycles. The van der Waals surface area contributed by atoms with Crippen LogP contribution in [0.4, 0.5) is 0 Å². The van der Waals surface area contributed by atoms with E-state index in [1.807, 2.05) is 18.3 Å². The minimum Gasteiger partial charge on any atom is -0.340 e. The third kappa shape index (κ3) is 3.29. The van der Waals surface area contributed by atoms with Crippen molar-refractivity contribution in [2.75, 3.05) is 5.75 Å². The van der Waals surface area contributed by atoms with Crippen molar-refractivity contribution in [3.05, 3.63) is 47.4 Å². The quantitative estimate of drug-likeness (QED) is 0.828. The highest BCUT2D eigenvalue weighted by molar-refractivity contribution is 7.99. The smallest absolute Gasteiger partial charge is 0.0928 e. The van der Waals surface area contributed by atoms with E-state index in [1.165, 1.54) is 5.56 Å². The highest BCUT2D eigenvalue weighted by atomic mass is 35.5. The van der Waals surface area contributed by atoms with Crippen molar-refractivity contribution in [2.24, 2.45) is 0 Å². The highest BCUT2D eigenvalue weighted by Crippen LogP contribution is 2.16. The predicted octanol–water partition coefficient (Wildman–Crippen LogP) is 3.40. The van der Waals surface area contributed by atoms with Gasteiger partial charge in [-0.2, -0.15) is 0 Å². The lowest BCUT2D eigenvalue weighted by molar-refractivity contribution is 1.14. The van der Waals surface area contributed by atoms with Gasteiger partial charge in [-0.15, -0.1) is 11.8 Å². The number of aromatic amines is 1. The molecular weight excluding hydrogens is 228 g/mol. The third-order valence-corrected chi connectivity index (χ3v) is 3.23. The summed E-state index contributed by atoms with van der Waals surface area (Å²) in [5.41, 5.74) is 1.31. The Bertz CT molecular complexity index is 397. The Hall–Kier alpha value is -0.930. The standard InChI is InChI=1S/C11H11ClN2S/c12-10-3-1-9(2-4-10)5-6-15-11-7-13-8-14-11/h1-4,7-8H,5-6H2,(H,13,14). The molecule has 0 atom stereocenters. The first-order valence-electron chi connectivity index (χ1n) is 4.70. The third-order valence-electron chi connectivity index (χ3n) is 2.03. The maximum atomic E-state index is 5.81. The fourth-order valence-electron chi connectivity index (χ4n) is 1.25. The molecule has 0 spiro atoms. The van der Waals surface area contributed by atoms with Gasteiger partial charge in [0.1, 0.15) is 0 Å². The summed E-state index contributed by atoms with van der Waals surface area (Å²) in [7, 11) is 0. The predicted molar refractivity (Wildman–Crippen MR) is 64.5 cm³/mol. The fourth-order valence-corrected chi connectivity index (χ4v) is 2.21. The van der Waals surface area contributed by atoms with Crippen LogP contribution in [-0.2, 0) is 6.42 Å². The molecule has 15 heavy (non-hydrogen) atoms. The van der Waals surface area contributed by atoms with Gasteiger partial charge in [0.05, 0.1) is 17.6 Å². The summed E-state index contributed by atoms with van der Waals surface area (Å²) in [5.74, 6) is 1.05. The normalized spacial score (nSPS) is 10.5. The van der Waals surface area contributed by atoms with Crippen molar-refractivity contribution in [1.29, 1.82) is 0 Å². The van der Waals surface area contributed by atoms with Crippen molar-refractivity contribution >= 4 is 23.4 Å². The lowest BCUT2D eigenvalue weighted by Gasteiger charge is -2.00. The van der Waals surface area contributed by atoms with Crippen molar-refractivity contribution < 1.29 is 0 Å². The van der Waals surface area contributed by atoms with Crippen LogP contribution in [0.1, 0.15) is 5.56 Å². The monoisotopic (exact) mass is 238 g/mol. The summed E-state index contributed by atoms with van der Waals surface area (Å²) in [6.45, 7) is 0. The Balaban J connectivity index is 1.81. The topological polar surface area (TPSA) is 28.7 Å². The van der Waals surface area contributed by atoms with Crippen molar-refractivity contribution in [2.45, 2.75) is 11.4 Å². The van der Waals surface area contributed by atoms with Crippen LogP contribution in [0.25, 0.3) is 0 Å². The molecule has 2 nitrogen and oxygen atoms in total. The molecule has 0 radical (unpaired) electrons. The molecule has 2 aromatic rings. The Kier molecular flexibility index (Phi) is 3.69. The number of hydrogen-bond acceptors (Lipinski definition) is 2. The largest absolute Gasteiger partial charge is 0.340 e. The van der Waals surface area contributed by atoms with E-state index in [0.717, 1.165) is 22.2 Å². The number of nitrogens with one attached hydrogen (secondary N) is 1. The number of H-pyrrole nitrogens is 1. The number of aryl methyl sites for hydroxylation is 1. The molecule has 0 bridgehead atoms. The molecule has 0 saturated carbocycles. The summed E-state index contributed by atoms with van der Waals surface area (Å²) in [6, 6.07) is 7.99. The number of rotatable bonds is 4. The van der Waals surface area contributed by atoms with Crippen LogP contribution in [-0.4, -0.2) is 15.7 Å². The minimum atomic E-state index is 0.792. The zero-order valence-electron chi connectivity index (χ0n) is 8.11. The van der Waals surface area contributed by atoms with E-state index in [1.54, 1.807) is 18.1 Å². The second kappa shape index (κ2) is 5.24. The molecule has 0 aliphatic rings. The number of hydrogen-bond donors (Lipinski definition) is 1. The van der Waals surface area contributed by atoms with Gasteiger partial charge in [0.15, 0.2) is 0 Å². The van der Waals surface area contributed by atoms with E-state index < -0.39 is 0 Å². The summed E-state index contributed by atoms with van der Waals surface area (Å²) in [5, 5.41) is 1.91. The van der Waals surface area contributed by atoms with Gasteiger partial charge in [0.25, 0.3) is 0 Å². The molecule has 2 rings (SSSR count). The van der Waals surface area contributed by atoms with Crippen molar-refractivity contribution in [1.82, 2.24) is 9.97 Å². The highest BCUT2D eigenvalue weighted by Gasteiger charge is 1.96. The first kappa shape index (κ1) is 10.6. The summed E-state index contributed by atoms with van der Waals surface area (Å²) >= 11 is 7.58. The van der Waals surface area contributed by atoms with Gasteiger partial charge in [0.2, 0.25) is 0 Å². The van der Waals surface area contributed by atoms with Gasteiger partial charge >= 0.3 is 0 Å². The van der Waals surface area contributed by atoms with E-state index in [2.05, 4.69) is 22.1 Å². The Morgan fingerprint density at radius 2 is 2.07 bits per heavy atom. The maximum absolute atomic E-state index is 5.81. The zero-order valence-corrected chi connectivity index (χ0v) is 9.68. The Morgan fingerprint density at radius 3 is 2.73 bits per heavy atom. The number of nitrogens with zero attached hydrogens (tertiary/aromatic N) is 1. The molecule has 0 unspecified atom stereocenters. The average molecular weight is 239 g/mol. The molecule has 78 valence electrons. The Morgan fingerprint density at radius 1 is 1.27 bits per heavy atom. The lowest BCUT2D eigenvalue weighted by atomic mass is 10.2. The second-order valence-corrected chi connectivity index (χ2v) is 4.71. The SMILES string of the molecule is Clc1ccc(CCSc2cnc[nH]2)cc1. The van der Waals surface area contributed by atoms with E-state index in [0.29, 0.717) is 0 Å². The number of thioether (sulfide) groups is 1. The van der Waals surface area contributed by atoms with Crippen molar-refractivity contribution in [3.63, 3.8) is 0 Å². The minimum absolute atomic E-state index is 0.792. The molecule has 0 saturated heterocycles. The van der Waals surface area contributed by atoms with Gasteiger partial charge in [-0.05, 0) is 24.1 Å². The van der Waals surface area contributed by atoms with Crippen LogP contribution in [0.5, 0.6) is 0 Å².